The van der Waals surface area contributed by atoms with E-state index in [1.54, 1.807) is 31.2 Å². The summed E-state index contributed by atoms with van der Waals surface area (Å²) in [5.74, 6) is -0.815. The molecule has 0 spiro atoms. The zero-order valence-corrected chi connectivity index (χ0v) is 9.51. The minimum Gasteiger partial charge on any atom is -0.368 e. The summed E-state index contributed by atoms with van der Waals surface area (Å²) in [5, 5.41) is 8.63. The first-order valence-corrected chi connectivity index (χ1v) is 5.16. The highest BCUT2D eigenvalue weighted by atomic mass is 16.2. The Balaban J connectivity index is 2.86. The van der Waals surface area contributed by atoms with Crippen molar-refractivity contribution in [3.63, 3.8) is 0 Å². The van der Waals surface area contributed by atoms with Crippen LogP contribution in [0.25, 0.3) is 0 Å². The van der Waals surface area contributed by atoms with Gasteiger partial charge >= 0.3 is 0 Å². The van der Waals surface area contributed by atoms with E-state index in [1.165, 1.54) is 4.90 Å². The van der Waals surface area contributed by atoms with Gasteiger partial charge < -0.3 is 10.6 Å². The molecule has 0 saturated heterocycles. The molecule has 0 aromatic heterocycles. The van der Waals surface area contributed by atoms with Crippen molar-refractivity contribution in [2.75, 3.05) is 13.1 Å². The fourth-order valence-corrected chi connectivity index (χ4v) is 1.39. The van der Waals surface area contributed by atoms with Crippen molar-refractivity contribution in [3.05, 3.63) is 35.4 Å². The molecule has 88 valence electrons. The van der Waals surface area contributed by atoms with Crippen LogP contribution in [-0.2, 0) is 4.79 Å². The molecule has 1 aromatic carbocycles. The monoisotopic (exact) mass is 231 g/mol. The van der Waals surface area contributed by atoms with Gasteiger partial charge in [-0.15, -0.1) is 0 Å². The SMILES string of the molecule is CCN(CC(N)=O)C(=O)c1ccc(C#N)cc1. The third-order valence-electron chi connectivity index (χ3n) is 2.28. The van der Waals surface area contributed by atoms with Crippen molar-refractivity contribution >= 4 is 11.8 Å². The summed E-state index contributed by atoms with van der Waals surface area (Å²) in [6.07, 6.45) is 0. The van der Waals surface area contributed by atoms with Crippen LogP contribution in [0.2, 0.25) is 0 Å². The van der Waals surface area contributed by atoms with Crippen molar-refractivity contribution in [2.45, 2.75) is 6.92 Å². The van der Waals surface area contributed by atoms with Crippen LogP contribution in [0.5, 0.6) is 0 Å². The second kappa shape index (κ2) is 5.66. The molecule has 17 heavy (non-hydrogen) atoms. The molecule has 5 nitrogen and oxygen atoms in total. The van der Waals surface area contributed by atoms with Gasteiger partial charge in [0, 0.05) is 12.1 Å². The Kier molecular flexibility index (Phi) is 4.23. The predicted molar refractivity (Wildman–Crippen MR) is 61.9 cm³/mol. The summed E-state index contributed by atoms with van der Waals surface area (Å²) in [6, 6.07) is 8.21. The zero-order valence-electron chi connectivity index (χ0n) is 9.51. The maximum Gasteiger partial charge on any atom is 0.254 e. The highest BCUT2D eigenvalue weighted by Gasteiger charge is 2.15. The van der Waals surface area contributed by atoms with Gasteiger partial charge in [-0.25, -0.2) is 0 Å². The van der Waals surface area contributed by atoms with Crippen molar-refractivity contribution in [2.24, 2.45) is 5.73 Å². The Morgan fingerprint density at radius 2 is 1.94 bits per heavy atom. The van der Waals surface area contributed by atoms with Crippen LogP contribution in [0.1, 0.15) is 22.8 Å². The van der Waals surface area contributed by atoms with Gasteiger partial charge in [-0.3, -0.25) is 9.59 Å². The van der Waals surface area contributed by atoms with E-state index in [1.807, 2.05) is 6.07 Å². The van der Waals surface area contributed by atoms with Gasteiger partial charge in [0.25, 0.3) is 5.91 Å². The number of likely N-dealkylation sites (N-methyl/N-ethyl adjacent to an activating group) is 1. The van der Waals surface area contributed by atoms with E-state index in [4.69, 9.17) is 11.0 Å². The van der Waals surface area contributed by atoms with Gasteiger partial charge in [-0.05, 0) is 31.2 Å². The number of nitrogens with two attached hydrogens (primary N) is 1. The third-order valence-corrected chi connectivity index (χ3v) is 2.28. The second-order valence-electron chi connectivity index (χ2n) is 3.47. The number of nitriles is 1. The predicted octanol–water partition coefficient (Wildman–Crippen LogP) is 0.506. The molecule has 0 aliphatic heterocycles. The quantitative estimate of drug-likeness (QED) is 0.818. The summed E-state index contributed by atoms with van der Waals surface area (Å²) in [5.41, 5.74) is 5.98. The Bertz CT molecular complexity index is 460. The van der Waals surface area contributed by atoms with E-state index in [2.05, 4.69) is 0 Å². The van der Waals surface area contributed by atoms with E-state index in [0.717, 1.165) is 0 Å². The molecule has 0 aliphatic rings. The molecule has 2 amide bonds. The normalized spacial score (nSPS) is 9.41. The van der Waals surface area contributed by atoms with Crippen molar-refractivity contribution < 1.29 is 9.59 Å². The van der Waals surface area contributed by atoms with Crippen molar-refractivity contribution in [1.29, 1.82) is 5.26 Å². The zero-order chi connectivity index (χ0) is 12.8. The van der Waals surface area contributed by atoms with Crippen LogP contribution in [0.15, 0.2) is 24.3 Å². The lowest BCUT2D eigenvalue weighted by atomic mass is 10.1. The van der Waals surface area contributed by atoms with Crippen LogP contribution >= 0.6 is 0 Å². The molecule has 2 N–H and O–H groups in total. The molecule has 5 heteroatoms. The molecule has 0 atom stereocenters. The van der Waals surface area contributed by atoms with Crippen LogP contribution in [0, 0.1) is 11.3 Å². The number of carbonyl (C=O) groups excluding carboxylic acids is 2. The maximum absolute atomic E-state index is 11.9. The molecular formula is C12H13N3O2. The first-order chi connectivity index (χ1) is 8.08. The van der Waals surface area contributed by atoms with Gasteiger partial charge in [-0.1, -0.05) is 0 Å². The molecule has 0 aliphatic carbocycles. The van der Waals surface area contributed by atoms with Crippen LogP contribution in [0.4, 0.5) is 0 Å². The number of hydrogen-bond acceptors (Lipinski definition) is 3. The summed E-state index contributed by atoms with van der Waals surface area (Å²) in [7, 11) is 0. The van der Waals surface area contributed by atoms with Gasteiger partial charge in [0.2, 0.25) is 5.91 Å². The average Bonchev–Trinajstić information content (AvgIpc) is 2.35. The van der Waals surface area contributed by atoms with Crippen LogP contribution in [0.3, 0.4) is 0 Å². The first kappa shape index (κ1) is 12.7. The van der Waals surface area contributed by atoms with Crippen LogP contribution < -0.4 is 5.73 Å². The van der Waals surface area contributed by atoms with E-state index >= 15 is 0 Å². The Hall–Kier alpha value is -2.35. The molecule has 0 bridgehead atoms. The summed E-state index contributed by atoms with van der Waals surface area (Å²) < 4.78 is 0. The molecule has 0 saturated carbocycles. The first-order valence-electron chi connectivity index (χ1n) is 5.16. The van der Waals surface area contributed by atoms with Crippen LogP contribution in [-0.4, -0.2) is 29.8 Å². The molecule has 0 heterocycles. The number of benzene rings is 1. The fourth-order valence-electron chi connectivity index (χ4n) is 1.39. The van der Waals surface area contributed by atoms with E-state index < -0.39 is 5.91 Å². The molecule has 1 aromatic rings. The largest absolute Gasteiger partial charge is 0.368 e. The number of rotatable bonds is 4. The Morgan fingerprint density at radius 1 is 1.35 bits per heavy atom. The third kappa shape index (κ3) is 3.31. The van der Waals surface area contributed by atoms with E-state index in [0.29, 0.717) is 17.7 Å². The fraction of sp³-hybridized carbons (Fsp3) is 0.250. The minimum absolute atomic E-state index is 0.102. The maximum atomic E-state index is 11.9. The molecule has 0 radical (unpaired) electrons. The van der Waals surface area contributed by atoms with Gasteiger partial charge in [0.15, 0.2) is 0 Å². The van der Waals surface area contributed by atoms with Crippen molar-refractivity contribution in [3.8, 4) is 6.07 Å². The summed E-state index contributed by atoms with van der Waals surface area (Å²) >= 11 is 0. The number of amides is 2. The minimum atomic E-state index is -0.547. The lowest BCUT2D eigenvalue weighted by molar-refractivity contribution is -0.118. The highest BCUT2D eigenvalue weighted by molar-refractivity contribution is 5.96. The number of nitrogens with zero attached hydrogens (tertiary/aromatic N) is 2. The molecule has 1 rings (SSSR count). The van der Waals surface area contributed by atoms with Gasteiger partial charge in [-0.2, -0.15) is 5.26 Å². The Morgan fingerprint density at radius 3 is 2.35 bits per heavy atom. The second-order valence-corrected chi connectivity index (χ2v) is 3.47. The van der Waals surface area contributed by atoms with Gasteiger partial charge in [0.1, 0.15) is 0 Å². The van der Waals surface area contributed by atoms with E-state index in [9.17, 15) is 9.59 Å². The number of hydrogen-bond donors (Lipinski definition) is 1. The highest BCUT2D eigenvalue weighted by Crippen LogP contribution is 2.07. The lowest BCUT2D eigenvalue weighted by Crippen LogP contribution is -2.38. The van der Waals surface area contributed by atoms with Gasteiger partial charge in [0.05, 0.1) is 18.2 Å². The standard InChI is InChI=1S/C12H13N3O2/c1-2-15(8-11(14)16)12(17)10-5-3-9(7-13)4-6-10/h3-6H,2,8H2,1H3,(H2,14,16). The lowest BCUT2D eigenvalue weighted by Gasteiger charge is -2.18. The number of primary amides is 1. The average molecular weight is 231 g/mol. The number of carbonyl (C=O) groups is 2. The van der Waals surface area contributed by atoms with Crippen molar-refractivity contribution in [1.82, 2.24) is 4.90 Å². The smallest absolute Gasteiger partial charge is 0.254 e. The summed E-state index contributed by atoms with van der Waals surface area (Å²) in [4.78, 5) is 24.1. The van der Waals surface area contributed by atoms with E-state index in [-0.39, 0.29) is 12.5 Å². The molecular weight excluding hydrogens is 218 g/mol. The topological polar surface area (TPSA) is 87.2 Å². The Labute approximate surface area is 99.4 Å². The molecule has 0 unspecified atom stereocenters. The summed E-state index contributed by atoms with van der Waals surface area (Å²) in [6.45, 7) is 2.07. The molecule has 0 fully saturated rings.